The Morgan fingerprint density at radius 2 is 1.84 bits per heavy atom. The van der Waals surface area contributed by atoms with Crippen molar-refractivity contribution in [3.63, 3.8) is 0 Å². The predicted octanol–water partition coefficient (Wildman–Crippen LogP) is 3.33. The molecule has 6 heteroatoms. The van der Waals surface area contributed by atoms with Gasteiger partial charge in [0.05, 0.1) is 15.7 Å². The van der Waals surface area contributed by atoms with E-state index in [-0.39, 0.29) is 10.2 Å². The fraction of sp³-hybridized carbons (Fsp3) is 0.462. The molecule has 1 amide bonds. The summed E-state index contributed by atoms with van der Waals surface area (Å²) in [6.07, 6.45) is 3.94. The molecule has 1 aromatic rings. The minimum absolute atomic E-state index is 0.0168. The van der Waals surface area contributed by atoms with Gasteiger partial charge in [-0.2, -0.15) is 0 Å². The standard InChI is InChI=1S/C13H15BrF2N2O/c14-8-6-10(16)11(7-9(8)15)18-12(19)13(17)4-2-1-3-5-13/h6-7H,1-5,17H2,(H,18,19). The molecule has 2 rings (SSSR count). The highest BCUT2D eigenvalue weighted by Gasteiger charge is 2.35. The molecule has 19 heavy (non-hydrogen) atoms. The van der Waals surface area contributed by atoms with Crippen molar-refractivity contribution >= 4 is 27.5 Å². The molecule has 1 aliphatic carbocycles. The first-order chi connectivity index (χ1) is 8.92. The van der Waals surface area contributed by atoms with Crippen LogP contribution in [0.25, 0.3) is 0 Å². The van der Waals surface area contributed by atoms with Crippen molar-refractivity contribution in [3.8, 4) is 0 Å². The SMILES string of the molecule is NC1(C(=O)Nc2cc(F)c(Br)cc2F)CCCCC1. The number of halogens is 3. The third-order valence-corrected chi connectivity index (χ3v) is 4.06. The van der Waals surface area contributed by atoms with E-state index >= 15 is 0 Å². The van der Waals surface area contributed by atoms with Crippen LogP contribution in [0.4, 0.5) is 14.5 Å². The second-order valence-corrected chi connectivity index (χ2v) is 5.77. The molecule has 0 aliphatic heterocycles. The Balaban J connectivity index is 2.16. The van der Waals surface area contributed by atoms with E-state index in [1.165, 1.54) is 0 Å². The van der Waals surface area contributed by atoms with E-state index in [0.717, 1.165) is 31.4 Å². The molecule has 0 spiro atoms. The average molecular weight is 333 g/mol. The Labute approximate surface area is 118 Å². The smallest absolute Gasteiger partial charge is 0.244 e. The molecule has 0 saturated heterocycles. The highest BCUT2D eigenvalue weighted by Crippen LogP contribution is 2.29. The third kappa shape index (κ3) is 3.12. The van der Waals surface area contributed by atoms with E-state index in [2.05, 4.69) is 21.2 Å². The first-order valence-electron chi connectivity index (χ1n) is 6.17. The van der Waals surface area contributed by atoms with Gasteiger partial charge in [0.2, 0.25) is 5.91 Å². The molecular weight excluding hydrogens is 318 g/mol. The molecular formula is C13H15BrF2N2O. The van der Waals surface area contributed by atoms with Crippen LogP contribution < -0.4 is 11.1 Å². The van der Waals surface area contributed by atoms with Crippen molar-refractivity contribution in [2.75, 3.05) is 5.32 Å². The van der Waals surface area contributed by atoms with Gasteiger partial charge >= 0.3 is 0 Å². The predicted molar refractivity (Wildman–Crippen MR) is 72.7 cm³/mol. The normalized spacial score (nSPS) is 18.1. The van der Waals surface area contributed by atoms with Crippen LogP contribution in [0.2, 0.25) is 0 Å². The summed E-state index contributed by atoms with van der Waals surface area (Å²) in [7, 11) is 0. The van der Waals surface area contributed by atoms with Crippen molar-refractivity contribution < 1.29 is 13.6 Å². The van der Waals surface area contributed by atoms with E-state index < -0.39 is 23.1 Å². The van der Waals surface area contributed by atoms with Gasteiger partial charge in [0, 0.05) is 6.07 Å². The van der Waals surface area contributed by atoms with Gasteiger partial charge in [0.15, 0.2) is 0 Å². The number of benzene rings is 1. The summed E-state index contributed by atoms with van der Waals surface area (Å²) >= 11 is 2.88. The summed E-state index contributed by atoms with van der Waals surface area (Å²) < 4.78 is 27.0. The van der Waals surface area contributed by atoms with Crippen LogP contribution >= 0.6 is 15.9 Å². The van der Waals surface area contributed by atoms with Crippen LogP contribution in [0.3, 0.4) is 0 Å². The molecule has 0 unspecified atom stereocenters. The van der Waals surface area contributed by atoms with E-state index in [4.69, 9.17) is 5.73 Å². The highest BCUT2D eigenvalue weighted by molar-refractivity contribution is 9.10. The van der Waals surface area contributed by atoms with Crippen LogP contribution in [0, 0.1) is 11.6 Å². The summed E-state index contributed by atoms with van der Waals surface area (Å²) in [4.78, 5) is 12.1. The van der Waals surface area contributed by atoms with Crippen LogP contribution in [0.15, 0.2) is 16.6 Å². The maximum absolute atomic E-state index is 13.6. The molecule has 0 atom stereocenters. The van der Waals surface area contributed by atoms with Crippen LogP contribution in [0.5, 0.6) is 0 Å². The fourth-order valence-corrected chi connectivity index (χ4v) is 2.59. The van der Waals surface area contributed by atoms with E-state index in [9.17, 15) is 13.6 Å². The molecule has 1 aromatic carbocycles. The Morgan fingerprint density at radius 1 is 1.21 bits per heavy atom. The summed E-state index contributed by atoms with van der Waals surface area (Å²) in [5.74, 6) is -1.78. The van der Waals surface area contributed by atoms with Gasteiger partial charge in [0.1, 0.15) is 11.6 Å². The van der Waals surface area contributed by atoms with Crippen molar-refractivity contribution in [1.29, 1.82) is 0 Å². The molecule has 1 aliphatic rings. The lowest BCUT2D eigenvalue weighted by Crippen LogP contribution is -2.52. The summed E-state index contributed by atoms with van der Waals surface area (Å²) in [5.41, 5.74) is 4.87. The van der Waals surface area contributed by atoms with Gasteiger partial charge in [-0.3, -0.25) is 4.79 Å². The zero-order valence-corrected chi connectivity index (χ0v) is 11.9. The van der Waals surface area contributed by atoms with Crippen molar-refractivity contribution in [2.45, 2.75) is 37.6 Å². The molecule has 0 heterocycles. The average Bonchev–Trinajstić information content (AvgIpc) is 2.36. The monoisotopic (exact) mass is 332 g/mol. The van der Waals surface area contributed by atoms with Gasteiger partial charge in [-0.1, -0.05) is 19.3 Å². The fourth-order valence-electron chi connectivity index (χ4n) is 2.27. The summed E-state index contributed by atoms with van der Waals surface area (Å²) in [6, 6.07) is 1.93. The number of hydrogen-bond acceptors (Lipinski definition) is 2. The maximum Gasteiger partial charge on any atom is 0.244 e. The minimum atomic E-state index is -0.978. The summed E-state index contributed by atoms with van der Waals surface area (Å²) in [5, 5.41) is 2.39. The van der Waals surface area contributed by atoms with E-state index in [1.54, 1.807) is 0 Å². The molecule has 104 valence electrons. The molecule has 0 aromatic heterocycles. The molecule has 1 fully saturated rings. The third-order valence-electron chi connectivity index (χ3n) is 3.46. The van der Waals surface area contributed by atoms with Gasteiger partial charge in [-0.25, -0.2) is 8.78 Å². The molecule has 0 radical (unpaired) electrons. The van der Waals surface area contributed by atoms with Crippen molar-refractivity contribution in [3.05, 3.63) is 28.2 Å². The largest absolute Gasteiger partial charge is 0.322 e. The van der Waals surface area contributed by atoms with Crippen LogP contribution in [-0.4, -0.2) is 11.4 Å². The van der Waals surface area contributed by atoms with Crippen molar-refractivity contribution in [1.82, 2.24) is 0 Å². The Hall–Kier alpha value is -1.01. The minimum Gasteiger partial charge on any atom is -0.322 e. The molecule has 3 nitrogen and oxygen atoms in total. The maximum atomic E-state index is 13.6. The second kappa shape index (κ2) is 5.54. The number of nitrogens with one attached hydrogen (secondary N) is 1. The lowest BCUT2D eigenvalue weighted by molar-refractivity contribution is -0.122. The summed E-state index contributed by atoms with van der Waals surface area (Å²) in [6.45, 7) is 0. The lowest BCUT2D eigenvalue weighted by atomic mass is 9.82. The Morgan fingerprint density at radius 3 is 2.47 bits per heavy atom. The zero-order valence-electron chi connectivity index (χ0n) is 10.3. The number of rotatable bonds is 2. The zero-order chi connectivity index (χ0) is 14.0. The van der Waals surface area contributed by atoms with Gasteiger partial charge in [0.25, 0.3) is 0 Å². The number of nitrogens with two attached hydrogens (primary N) is 1. The number of carbonyl (C=O) groups is 1. The van der Waals surface area contributed by atoms with E-state index in [1.807, 2.05) is 0 Å². The Bertz CT molecular complexity index is 502. The van der Waals surface area contributed by atoms with Gasteiger partial charge < -0.3 is 11.1 Å². The molecule has 1 saturated carbocycles. The number of carbonyl (C=O) groups excluding carboxylic acids is 1. The molecule has 0 bridgehead atoms. The molecule has 3 N–H and O–H groups in total. The van der Waals surface area contributed by atoms with Gasteiger partial charge in [-0.15, -0.1) is 0 Å². The Kier molecular flexibility index (Phi) is 4.20. The quantitative estimate of drug-likeness (QED) is 0.816. The van der Waals surface area contributed by atoms with Gasteiger partial charge in [-0.05, 0) is 34.8 Å². The number of hydrogen-bond donors (Lipinski definition) is 2. The highest BCUT2D eigenvalue weighted by atomic mass is 79.9. The first-order valence-corrected chi connectivity index (χ1v) is 6.96. The topological polar surface area (TPSA) is 55.1 Å². The van der Waals surface area contributed by atoms with Crippen molar-refractivity contribution in [2.24, 2.45) is 5.73 Å². The van der Waals surface area contributed by atoms with E-state index in [0.29, 0.717) is 12.8 Å². The van der Waals surface area contributed by atoms with Crippen LogP contribution in [0.1, 0.15) is 32.1 Å². The van der Waals surface area contributed by atoms with Crippen LogP contribution in [-0.2, 0) is 4.79 Å². The number of amides is 1. The first kappa shape index (κ1) is 14.4. The number of anilines is 1. The lowest BCUT2D eigenvalue weighted by Gasteiger charge is -2.31. The second-order valence-electron chi connectivity index (χ2n) is 4.92.